The van der Waals surface area contributed by atoms with Gasteiger partial charge in [0, 0.05) is 20.1 Å². The molecule has 0 spiro atoms. The summed E-state index contributed by atoms with van der Waals surface area (Å²) in [6, 6.07) is 0. The van der Waals surface area contributed by atoms with E-state index < -0.39 is 0 Å². The number of hydrogen-bond donors (Lipinski definition) is 1. The Bertz CT molecular complexity index is 330. The fourth-order valence-corrected chi connectivity index (χ4v) is 1.37. The molecule has 0 fully saturated rings. The Hall–Kier alpha value is -1.23. The molecule has 0 aliphatic rings. The van der Waals surface area contributed by atoms with Gasteiger partial charge in [0.2, 0.25) is 0 Å². The Morgan fingerprint density at radius 2 is 2.12 bits per heavy atom. The van der Waals surface area contributed by atoms with E-state index in [-0.39, 0.29) is 5.82 Å². The van der Waals surface area contributed by atoms with Crippen molar-refractivity contribution in [2.75, 3.05) is 31.6 Å². The van der Waals surface area contributed by atoms with E-state index >= 15 is 0 Å². The number of hydrogen-bond acceptors (Lipinski definition) is 4. The van der Waals surface area contributed by atoms with Gasteiger partial charge < -0.3 is 10.2 Å². The predicted molar refractivity (Wildman–Crippen MR) is 63.2 cm³/mol. The first-order valence-corrected chi connectivity index (χ1v) is 5.55. The topological polar surface area (TPSA) is 41.0 Å². The van der Waals surface area contributed by atoms with E-state index in [4.69, 9.17) is 0 Å². The highest BCUT2D eigenvalue weighted by Crippen LogP contribution is 2.14. The number of likely N-dealkylation sites (N-methyl/N-ethyl adjacent to an activating group) is 1. The highest BCUT2D eigenvalue weighted by Gasteiger charge is 2.11. The summed E-state index contributed by atoms with van der Waals surface area (Å²) in [6.07, 6.45) is 2.49. The lowest BCUT2D eigenvalue weighted by molar-refractivity contribution is 0.590. The second-order valence-electron chi connectivity index (χ2n) is 3.77. The molecule has 0 atom stereocenters. The van der Waals surface area contributed by atoms with Gasteiger partial charge in [0.1, 0.15) is 6.33 Å². The van der Waals surface area contributed by atoms with Gasteiger partial charge in [-0.3, -0.25) is 0 Å². The Kier molecular flexibility index (Phi) is 5.11. The molecule has 0 aliphatic heterocycles. The number of anilines is 1. The van der Waals surface area contributed by atoms with Crippen molar-refractivity contribution in [1.29, 1.82) is 0 Å². The summed E-state index contributed by atoms with van der Waals surface area (Å²) in [4.78, 5) is 9.55. The SMILES string of the molecule is CCCNCCN(C)c1ncnc(C)c1F. The molecule has 0 saturated heterocycles. The highest BCUT2D eigenvalue weighted by molar-refractivity contribution is 5.39. The zero-order valence-corrected chi connectivity index (χ0v) is 10.1. The Balaban J connectivity index is 2.52. The smallest absolute Gasteiger partial charge is 0.186 e. The van der Waals surface area contributed by atoms with Crippen LogP contribution in [0.4, 0.5) is 10.2 Å². The summed E-state index contributed by atoms with van der Waals surface area (Å²) in [7, 11) is 1.83. The van der Waals surface area contributed by atoms with Crippen LogP contribution in [0.2, 0.25) is 0 Å². The maximum absolute atomic E-state index is 13.6. The Morgan fingerprint density at radius 3 is 2.81 bits per heavy atom. The van der Waals surface area contributed by atoms with Crippen molar-refractivity contribution in [2.45, 2.75) is 20.3 Å². The van der Waals surface area contributed by atoms with Crippen LogP contribution in [-0.4, -0.2) is 36.6 Å². The molecule has 1 heterocycles. The monoisotopic (exact) mass is 226 g/mol. The van der Waals surface area contributed by atoms with Crippen LogP contribution in [0.3, 0.4) is 0 Å². The normalized spacial score (nSPS) is 10.5. The molecule has 0 radical (unpaired) electrons. The number of nitrogens with one attached hydrogen (secondary N) is 1. The van der Waals surface area contributed by atoms with Crippen molar-refractivity contribution in [2.24, 2.45) is 0 Å². The third-order valence-corrected chi connectivity index (χ3v) is 2.36. The molecule has 1 N–H and O–H groups in total. The van der Waals surface area contributed by atoms with E-state index in [1.807, 2.05) is 7.05 Å². The number of rotatable bonds is 6. The molecule has 5 heteroatoms. The minimum atomic E-state index is -0.333. The summed E-state index contributed by atoms with van der Waals surface area (Å²) in [5.41, 5.74) is 0.387. The standard InChI is InChI=1S/C11H19FN4/c1-4-5-13-6-7-16(3)11-10(12)9(2)14-8-15-11/h8,13H,4-7H2,1-3H3. The van der Waals surface area contributed by atoms with Crippen LogP contribution in [0.15, 0.2) is 6.33 Å². The van der Waals surface area contributed by atoms with Crippen molar-refractivity contribution in [3.8, 4) is 0 Å². The fraction of sp³-hybridized carbons (Fsp3) is 0.636. The molecule has 0 saturated carbocycles. The molecule has 4 nitrogen and oxygen atoms in total. The molecule has 1 aromatic rings. The minimum absolute atomic E-state index is 0.333. The van der Waals surface area contributed by atoms with Crippen molar-refractivity contribution >= 4 is 5.82 Å². The first-order valence-electron chi connectivity index (χ1n) is 5.55. The first-order chi connectivity index (χ1) is 7.66. The summed E-state index contributed by atoms with van der Waals surface area (Å²) in [5, 5.41) is 3.26. The molecule has 1 aromatic heterocycles. The number of aromatic nitrogens is 2. The van der Waals surface area contributed by atoms with Gasteiger partial charge >= 0.3 is 0 Å². The lowest BCUT2D eigenvalue weighted by Crippen LogP contribution is -2.30. The number of halogens is 1. The largest absolute Gasteiger partial charge is 0.356 e. The maximum atomic E-state index is 13.6. The van der Waals surface area contributed by atoms with Gasteiger partial charge in [-0.05, 0) is 19.9 Å². The number of aryl methyl sites for hydroxylation is 1. The molecule has 1 rings (SSSR count). The molecule has 0 aromatic carbocycles. The van der Waals surface area contributed by atoms with Crippen molar-refractivity contribution in [3.05, 3.63) is 17.8 Å². The van der Waals surface area contributed by atoms with Gasteiger partial charge in [0.25, 0.3) is 0 Å². The van der Waals surface area contributed by atoms with Gasteiger partial charge in [-0.25, -0.2) is 14.4 Å². The molecule has 0 bridgehead atoms. The Labute approximate surface area is 95.9 Å². The summed E-state index contributed by atoms with van der Waals surface area (Å²) in [5.74, 6) is 0.0336. The summed E-state index contributed by atoms with van der Waals surface area (Å²) < 4.78 is 13.6. The van der Waals surface area contributed by atoms with Crippen LogP contribution in [-0.2, 0) is 0 Å². The lowest BCUT2D eigenvalue weighted by Gasteiger charge is -2.19. The average molecular weight is 226 g/mol. The lowest BCUT2D eigenvalue weighted by atomic mass is 10.3. The highest BCUT2D eigenvalue weighted by atomic mass is 19.1. The fourth-order valence-electron chi connectivity index (χ4n) is 1.37. The Morgan fingerprint density at radius 1 is 1.38 bits per heavy atom. The van der Waals surface area contributed by atoms with E-state index in [2.05, 4.69) is 22.2 Å². The predicted octanol–water partition coefficient (Wildman–Crippen LogP) is 1.36. The van der Waals surface area contributed by atoms with Crippen molar-refractivity contribution < 1.29 is 4.39 Å². The van der Waals surface area contributed by atoms with Crippen molar-refractivity contribution in [3.63, 3.8) is 0 Å². The van der Waals surface area contributed by atoms with Crippen LogP contribution in [0.25, 0.3) is 0 Å². The summed E-state index contributed by atoms with van der Waals surface area (Å²) in [6.45, 7) is 6.30. The third-order valence-electron chi connectivity index (χ3n) is 2.36. The molecule has 90 valence electrons. The minimum Gasteiger partial charge on any atom is -0.356 e. The third kappa shape index (κ3) is 3.41. The summed E-state index contributed by atoms with van der Waals surface area (Å²) >= 11 is 0. The van der Waals surface area contributed by atoms with Gasteiger partial charge in [-0.1, -0.05) is 6.92 Å². The van der Waals surface area contributed by atoms with Gasteiger partial charge in [0.15, 0.2) is 11.6 Å². The van der Waals surface area contributed by atoms with Crippen LogP contribution in [0.5, 0.6) is 0 Å². The zero-order chi connectivity index (χ0) is 12.0. The second-order valence-corrected chi connectivity index (χ2v) is 3.77. The average Bonchev–Trinajstić information content (AvgIpc) is 2.28. The second kappa shape index (κ2) is 6.37. The molecular weight excluding hydrogens is 207 g/mol. The van der Waals surface area contributed by atoms with E-state index in [0.29, 0.717) is 11.5 Å². The maximum Gasteiger partial charge on any atom is 0.186 e. The van der Waals surface area contributed by atoms with E-state index in [0.717, 1.165) is 26.1 Å². The van der Waals surface area contributed by atoms with Gasteiger partial charge in [-0.15, -0.1) is 0 Å². The van der Waals surface area contributed by atoms with Crippen LogP contribution in [0, 0.1) is 12.7 Å². The van der Waals surface area contributed by atoms with Gasteiger partial charge in [0.05, 0.1) is 5.69 Å². The number of nitrogens with zero attached hydrogens (tertiary/aromatic N) is 3. The van der Waals surface area contributed by atoms with E-state index in [1.54, 1.807) is 11.8 Å². The zero-order valence-electron chi connectivity index (χ0n) is 10.1. The quantitative estimate of drug-likeness (QED) is 0.744. The van der Waals surface area contributed by atoms with E-state index in [9.17, 15) is 4.39 Å². The van der Waals surface area contributed by atoms with Crippen molar-refractivity contribution in [1.82, 2.24) is 15.3 Å². The molecular formula is C11H19FN4. The van der Waals surface area contributed by atoms with E-state index in [1.165, 1.54) is 6.33 Å². The van der Waals surface area contributed by atoms with Crippen LogP contribution < -0.4 is 10.2 Å². The van der Waals surface area contributed by atoms with Crippen LogP contribution in [0.1, 0.15) is 19.0 Å². The van der Waals surface area contributed by atoms with Gasteiger partial charge in [-0.2, -0.15) is 0 Å². The molecule has 0 amide bonds. The molecule has 0 aliphatic carbocycles. The van der Waals surface area contributed by atoms with Crippen LogP contribution >= 0.6 is 0 Å². The molecule has 16 heavy (non-hydrogen) atoms. The first kappa shape index (κ1) is 12.8. The molecule has 0 unspecified atom stereocenters.